The first kappa shape index (κ1) is 22.9. The predicted molar refractivity (Wildman–Crippen MR) is 123 cm³/mol. The molecule has 1 aromatic heterocycles. The van der Waals surface area contributed by atoms with Crippen LogP contribution >= 0.6 is 22.9 Å². The molecular formula is C23H19ClN2O6S. The molecule has 0 unspecified atom stereocenters. The van der Waals surface area contributed by atoms with Crippen LogP contribution in [0, 0.1) is 10.1 Å². The minimum absolute atomic E-state index is 0.100. The molecule has 0 aliphatic carbocycles. The van der Waals surface area contributed by atoms with Crippen LogP contribution in [0.3, 0.4) is 0 Å². The Labute approximate surface area is 198 Å². The molecule has 0 saturated carbocycles. The molecule has 1 atom stereocenters. The number of nitro groups is 1. The minimum Gasteiger partial charge on any atom is -0.468 e. The standard InChI is InChI=1S/C23H19ClN2O6S/c1-31-23(28)21(17-4-2-3-5-18(17)24)25-11-10-19-15(13-25)12-20(33-19)32-22(27)14-6-8-16(9-7-14)26(29)30/h2-9,12,21H,10-11,13H2,1H3/t21-/m0/s1. The van der Waals surface area contributed by atoms with Crippen molar-refractivity contribution in [3.05, 3.63) is 91.3 Å². The summed E-state index contributed by atoms with van der Waals surface area (Å²) in [6.07, 6.45) is 0.674. The van der Waals surface area contributed by atoms with E-state index in [-0.39, 0.29) is 11.3 Å². The number of ether oxygens (including phenoxy) is 2. The normalized spacial score (nSPS) is 14.2. The van der Waals surface area contributed by atoms with Crippen molar-refractivity contribution >= 4 is 40.6 Å². The van der Waals surface area contributed by atoms with Gasteiger partial charge in [-0.3, -0.25) is 15.0 Å². The number of methoxy groups -OCH3 is 1. The maximum absolute atomic E-state index is 12.6. The van der Waals surface area contributed by atoms with E-state index in [0.29, 0.717) is 35.2 Å². The number of nitrogens with zero attached hydrogens (tertiary/aromatic N) is 2. The van der Waals surface area contributed by atoms with Crippen molar-refractivity contribution < 1.29 is 24.0 Å². The Morgan fingerprint density at radius 3 is 2.58 bits per heavy atom. The molecule has 2 aromatic carbocycles. The quantitative estimate of drug-likeness (QED) is 0.280. The molecule has 33 heavy (non-hydrogen) atoms. The molecule has 0 saturated heterocycles. The van der Waals surface area contributed by atoms with Crippen molar-refractivity contribution in [1.82, 2.24) is 4.90 Å². The lowest BCUT2D eigenvalue weighted by Gasteiger charge is -2.33. The third-order valence-corrected chi connectivity index (χ3v) is 6.83. The number of carbonyl (C=O) groups excluding carboxylic acids is 2. The zero-order valence-electron chi connectivity index (χ0n) is 17.5. The summed E-state index contributed by atoms with van der Waals surface area (Å²) < 4.78 is 10.5. The SMILES string of the molecule is COC(=O)[C@H](c1ccccc1Cl)N1CCc2sc(OC(=O)c3ccc([N+](=O)[O-])cc3)cc2C1. The average molecular weight is 487 g/mol. The van der Waals surface area contributed by atoms with Crippen LogP contribution in [0.25, 0.3) is 0 Å². The van der Waals surface area contributed by atoms with Crippen LogP contribution in [0.15, 0.2) is 54.6 Å². The highest BCUT2D eigenvalue weighted by atomic mass is 35.5. The van der Waals surface area contributed by atoms with Gasteiger partial charge in [0, 0.05) is 35.1 Å². The van der Waals surface area contributed by atoms with Gasteiger partial charge in [0.25, 0.3) is 5.69 Å². The van der Waals surface area contributed by atoms with Crippen molar-refractivity contribution in [2.75, 3.05) is 13.7 Å². The van der Waals surface area contributed by atoms with Crippen LogP contribution in [0.4, 0.5) is 5.69 Å². The lowest BCUT2D eigenvalue weighted by molar-refractivity contribution is -0.384. The Kier molecular flexibility index (Phi) is 6.73. The first-order chi connectivity index (χ1) is 15.9. The first-order valence-corrected chi connectivity index (χ1v) is 11.2. The fraction of sp³-hybridized carbons (Fsp3) is 0.217. The van der Waals surface area contributed by atoms with Crippen molar-refractivity contribution in [3.63, 3.8) is 0 Å². The third kappa shape index (κ3) is 4.90. The van der Waals surface area contributed by atoms with E-state index in [1.807, 2.05) is 17.0 Å². The largest absolute Gasteiger partial charge is 0.468 e. The van der Waals surface area contributed by atoms with Crippen molar-refractivity contribution in [2.24, 2.45) is 0 Å². The predicted octanol–water partition coefficient (Wildman–Crippen LogP) is 4.80. The maximum atomic E-state index is 12.6. The molecule has 0 bridgehead atoms. The van der Waals surface area contributed by atoms with Crippen LogP contribution in [0.5, 0.6) is 5.06 Å². The molecule has 3 aromatic rings. The monoisotopic (exact) mass is 486 g/mol. The number of non-ortho nitro benzene ring substituents is 1. The van der Waals surface area contributed by atoms with Gasteiger partial charge >= 0.3 is 11.9 Å². The smallest absolute Gasteiger partial charge is 0.344 e. The Bertz CT molecular complexity index is 1210. The zero-order chi connectivity index (χ0) is 23.5. The molecule has 0 amide bonds. The molecule has 170 valence electrons. The van der Waals surface area contributed by atoms with Crippen LogP contribution in [-0.2, 0) is 22.5 Å². The summed E-state index contributed by atoms with van der Waals surface area (Å²) in [5, 5.41) is 11.7. The van der Waals surface area contributed by atoms with Crippen molar-refractivity contribution in [2.45, 2.75) is 19.0 Å². The molecular weight excluding hydrogens is 468 g/mol. The Morgan fingerprint density at radius 2 is 1.91 bits per heavy atom. The fourth-order valence-corrected chi connectivity index (χ4v) is 5.00. The van der Waals surface area contributed by atoms with E-state index in [2.05, 4.69) is 0 Å². The van der Waals surface area contributed by atoms with Crippen LogP contribution < -0.4 is 4.74 Å². The van der Waals surface area contributed by atoms with Gasteiger partial charge in [0.05, 0.1) is 17.6 Å². The third-order valence-electron chi connectivity index (χ3n) is 5.37. The number of benzene rings is 2. The number of carbonyl (C=O) groups is 2. The highest BCUT2D eigenvalue weighted by Crippen LogP contribution is 2.38. The van der Waals surface area contributed by atoms with Gasteiger partial charge in [-0.2, -0.15) is 0 Å². The molecule has 10 heteroatoms. The highest BCUT2D eigenvalue weighted by Gasteiger charge is 2.33. The van der Waals surface area contributed by atoms with Gasteiger partial charge in [0.2, 0.25) is 0 Å². The number of esters is 2. The summed E-state index contributed by atoms with van der Waals surface area (Å²) in [5.74, 6) is -0.990. The maximum Gasteiger partial charge on any atom is 0.344 e. The van der Waals surface area contributed by atoms with E-state index in [9.17, 15) is 19.7 Å². The lowest BCUT2D eigenvalue weighted by atomic mass is 10.0. The average Bonchev–Trinajstić information content (AvgIpc) is 3.22. The fourth-order valence-electron chi connectivity index (χ4n) is 3.75. The van der Waals surface area contributed by atoms with Crippen molar-refractivity contribution in [3.8, 4) is 5.06 Å². The molecule has 0 N–H and O–H groups in total. The van der Waals surface area contributed by atoms with E-state index >= 15 is 0 Å². The summed E-state index contributed by atoms with van der Waals surface area (Å²) in [4.78, 5) is 38.4. The van der Waals surface area contributed by atoms with Gasteiger partial charge in [-0.25, -0.2) is 9.59 Å². The van der Waals surface area contributed by atoms with Gasteiger partial charge in [-0.1, -0.05) is 29.8 Å². The van der Waals surface area contributed by atoms with E-state index in [0.717, 1.165) is 10.4 Å². The number of fused-ring (bicyclic) bond motifs is 1. The van der Waals surface area contributed by atoms with E-state index in [4.69, 9.17) is 21.1 Å². The van der Waals surface area contributed by atoms with Crippen LogP contribution in [0.2, 0.25) is 5.02 Å². The second kappa shape index (κ2) is 9.70. The van der Waals surface area contributed by atoms with E-state index < -0.39 is 22.9 Å². The second-order valence-electron chi connectivity index (χ2n) is 7.38. The van der Waals surface area contributed by atoms with Gasteiger partial charge < -0.3 is 9.47 Å². The van der Waals surface area contributed by atoms with E-state index in [1.165, 1.54) is 42.7 Å². The number of hydrogen-bond acceptors (Lipinski definition) is 8. The molecule has 0 fully saturated rings. The summed E-state index contributed by atoms with van der Waals surface area (Å²) >= 11 is 7.73. The second-order valence-corrected chi connectivity index (χ2v) is 8.88. The molecule has 0 radical (unpaired) electrons. The Balaban J connectivity index is 1.51. The van der Waals surface area contributed by atoms with Crippen molar-refractivity contribution in [1.29, 1.82) is 0 Å². The Morgan fingerprint density at radius 1 is 1.18 bits per heavy atom. The van der Waals surface area contributed by atoms with E-state index in [1.54, 1.807) is 18.2 Å². The molecule has 1 aliphatic heterocycles. The van der Waals surface area contributed by atoms with Gasteiger partial charge in [-0.05, 0) is 41.8 Å². The summed E-state index contributed by atoms with van der Waals surface area (Å²) in [7, 11) is 1.35. The molecule has 4 rings (SSSR count). The number of halogens is 1. The van der Waals surface area contributed by atoms with Gasteiger partial charge in [0.1, 0.15) is 6.04 Å². The number of thiophene rings is 1. The number of rotatable bonds is 6. The topological polar surface area (TPSA) is 99.0 Å². The molecule has 2 heterocycles. The number of nitro benzene ring substituents is 1. The van der Waals surface area contributed by atoms with Crippen LogP contribution in [0.1, 0.15) is 32.4 Å². The van der Waals surface area contributed by atoms with Gasteiger partial charge in [0.15, 0.2) is 5.06 Å². The molecule has 8 nitrogen and oxygen atoms in total. The summed E-state index contributed by atoms with van der Waals surface area (Å²) in [6, 6.07) is 13.6. The molecule has 0 spiro atoms. The lowest BCUT2D eigenvalue weighted by Crippen LogP contribution is -2.38. The first-order valence-electron chi connectivity index (χ1n) is 10.0. The highest BCUT2D eigenvalue weighted by molar-refractivity contribution is 7.14. The summed E-state index contributed by atoms with van der Waals surface area (Å²) in [6.45, 7) is 1.07. The zero-order valence-corrected chi connectivity index (χ0v) is 19.1. The Hall–Kier alpha value is -3.27. The van der Waals surface area contributed by atoms with Crippen LogP contribution in [-0.4, -0.2) is 35.4 Å². The van der Waals surface area contributed by atoms with Gasteiger partial charge in [-0.15, -0.1) is 11.3 Å². The summed E-state index contributed by atoms with van der Waals surface area (Å²) in [5.41, 5.74) is 1.75. The molecule has 1 aliphatic rings. The minimum atomic E-state index is -0.650. The number of hydrogen-bond donors (Lipinski definition) is 0.